The van der Waals surface area contributed by atoms with Gasteiger partial charge in [0.25, 0.3) is 0 Å². The molecule has 0 amide bonds. The van der Waals surface area contributed by atoms with E-state index in [1.54, 1.807) is 12.1 Å². The van der Waals surface area contributed by atoms with Crippen LogP contribution < -0.4 is 11.5 Å². The molecular formula is C14H15FN2. The highest BCUT2D eigenvalue weighted by atomic mass is 19.1. The van der Waals surface area contributed by atoms with Crippen molar-refractivity contribution in [1.82, 2.24) is 0 Å². The monoisotopic (exact) mass is 230 g/mol. The Kier molecular flexibility index (Phi) is 3.00. The summed E-state index contributed by atoms with van der Waals surface area (Å²) in [6.07, 6.45) is 0. The summed E-state index contributed by atoms with van der Waals surface area (Å²) in [4.78, 5) is 0. The van der Waals surface area contributed by atoms with Crippen molar-refractivity contribution in [2.24, 2.45) is 0 Å². The molecule has 0 aliphatic heterocycles. The Balaban J connectivity index is 2.49. The van der Waals surface area contributed by atoms with E-state index in [0.717, 1.165) is 22.4 Å². The molecule has 0 bridgehead atoms. The predicted molar refractivity (Wildman–Crippen MR) is 70.3 cm³/mol. The van der Waals surface area contributed by atoms with E-state index in [-0.39, 0.29) is 0 Å². The first-order chi connectivity index (χ1) is 8.11. The SMILES string of the molecule is Cc1cc(-c2ccc(N)c(CF)c2)ccc1N. The van der Waals surface area contributed by atoms with E-state index in [2.05, 4.69) is 0 Å². The summed E-state index contributed by atoms with van der Waals surface area (Å²) in [6, 6.07) is 11.2. The first kappa shape index (κ1) is 11.5. The molecule has 0 fully saturated rings. The molecule has 0 radical (unpaired) electrons. The molecule has 2 aromatic carbocycles. The molecule has 0 saturated heterocycles. The topological polar surface area (TPSA) is 52.0 Å². The minimum Gasteiger partial charge on any atom is -0.399 e. The summed E-state index contributed by atoms with van der Waals surface area (Å²) < 4.78 is 12.7. The van der Waals surface area contributed by atoms with Gasteiger partial charge in [-0.2, -0.15) is 0 Å². The van der Waals surface area contributed by atoms with Crippen LogP contribution in [0, 0.1) is 6.92 Å². The third-order valence-corrected chi connectivity index (χ3v) is 2.89. The molecule has 0 saturated carbocycles. The van der Waals surface area contributed by atoms with E-state index >= 15 is 0 Å². The van der Waals surface area contributed by atoms with Crippen molar-refractivity contribution < 1.29 is 4.39 Å². The third kappa shape index (κ3) is 2.23. The lowest BCUT2D eigenvalue weighted by atomic mass is 10.00. The fourth-order valence-electron chi connectivity index (χ4n) is 1.76. The average Bonchev–Trinajstić information content (AvgIpc) is 2.33. The van der Waals surface area contributed by atoms with Crippen molar-refractivity contribution in [3.05, 3.63) is 47.5 Å². The number of nitrogens with two attached hydrogens (primary N) is 2. The van der Waals surface area contributed by atoms with Crippen LogP contribution in [0.4, 0.5) is 15.8 Å². The highest BCUT2D eigenvalue weighted by Crippen LogP contribution is 2.26. The van der Waals surface area contributed by atoms with E-state index < -0.39 is 6.67 Å². The molecule has 0 atom stereocenters. The second-order valence-corrected chi connectivity index (χ2v) is 4.12. The standard InChI is InChI=1S/C14H15FN2/c1-9-6-10(2-4-13(9)16)11-3-5-14(17)12(7-11)8-15/h2-7H,8,16-17H2,1H3. The maximum Gasteiger partial charge on any atom is 0.117 e. The van der Waals surface area contributed by atoms with Crippen molar-refractivity contribution in [3.63, 3.8) is 0 Å². The molecule has 3 heteroatoms. The molecule has 0 heterocycles. The number of rotatable bonds is 2. The molecule has 2 aromatic rings. The molecule has 0 aromatic heterocycles. The molecular weight excluding hydrogens is 215 g/mol. The van der Waals surface area contributed by atoms with E-state index in [1.807, 2.05) is 31.2 Å². The van der Waals surface area contributed by atoms with Crippen molar-refractivity contribution in [1.29, 1.82) is 0 Å². The maximum absolute atomic E-state index is 12.7. The van der Waals surface area contributed by atoms with Gasteiger partial charge in [-0.3, -0.25) is 0 Å². The minimum atomic E-state index is -0.548. The van der Waals surface area contributed by atoms with E-state index in [4.69, 9.17) is 11.5 Å². The Morgan fingerprint density at radius 1 is 0.941 bits per heavy atom. The Morgan fingerprint density at radius 2 is 1.53 bits per heavy atom. The van der Waals surface area contributed by atoms with Gasteiger partial charge in [0.15, 0.2) is 0 Å². The van der Waals surface area contributed by atoms with Gasteiger partial charge < -0.3 is 11.5 Å². The Morgan fingerprint density at radius 3 is 2.12 bits per heavy atom. The predicted octanol–water partition coefficient (Wildman–Crippen LogP) is 3.30. The zero-order valence-corrected chi connectivity index (χ0v) is 9.70. The number of hydrogen-bond acceptors (Lipinski definition) is 2. The Hall–Kier alpha value is -2.03. The quantitative estimate of drug-likeness (QED) is 0.778. The van der Waals surface area contributed by atoms with Gasteiger partial charge in [0.1, 0.15) is 6.67 Å². The number of hydrogen-bond donors (Lipinski definition) is 2. The molecule has 0 aliphatic carbocycles. The van der Waals surface area contributed by atoms with Crippen molar-refractivity contribution in [2.45, 2.75) is 13.6 Å². The van der Waals surface area contributed by atoms with Crippen molar-refractivity contribution in [2.75, 3.05) is 11.5 Å². The second-order valence-electron chi connectivity index (χ2n) is 4.12. The van der Waals surface area contributed by atoms with Crippen LogP contribution in [0.1, 0.15) is 11.1 Å². The molecule has 0 spiro atoms. The lowest BCUT2D eigenvalue weighted by Crippen LogP contribution is -1.93. The number of anilines is 2. The highest BCUT2D eigenvalue weighted by molar-refractivity contribution is 5.70. The fraction of sp³-hybridized carbons (Fsp3) is 0.143. The fourth-order valence-corrected chi connectivity index (χ4v) is 1.76. The summed E-state index contributed by atoms with van der Waals surface area (Å²) in [6.45, 7) is 1.40. The van der Waals surface area contributed by atoms with Gasteiger partial charge in [-0.1, -0.05) is 12.1 Å². The second kappa shape index (κ2) is 4.45. The van der Waals surface area contributed by atoms with E-state index in [9.17, 15) is 4.39 Å². The van der Waals surface area contributed by atoms with Crippen molar-refractivity contribution in [3.8, 4) is 11.1 Å². The number of alkyl halides is 1. The van der Waals surface area contributed by atoms with Crippen LogP contribution in [0.3, 0.4) is 0 Å². The van der Waals surface area contributed by atoms with Crippen LogP contribution >= 0.6 is 0 Å². The number of halogens is 1. The Bertz CT molecular complexity index is 550. The molecule has 88 valence electrons. The summed E-state index contributed by atoms with van der Waals surface area (Å²) in [5.41, 5.74) is 16.2. The molecule has 2 rings (SSSR count). The van der Waals surface area contributed by atoms with Crippen LogP contribution in [0.2, 0.25) is 0 Å². The normalized spacial score (nSPS) is 10.5. The lowest BCUT2D eigenvalue weighted by molar-refractivity contribution is 0.486. The summed E-state index contributed by atoms with van der Waals surface area (Å²) in [5.74, 6) is 0. The minimum absolute atomic E-state index is 0.489. The molecule has 4 N–H and O–H groups in total. The molecule has 0 aliphatic rings. The summed E-state index contributed by atoms with van der Waals surface area (Å²) >= 11 is 0. The summed E-state index contributed by atoms with van der Waals surface area (Å²) in [7, 11) is 0. The van der Waals surface area contributed by atoms with Gasteiger partial charge in [0.05, 0.1) is 0 Å². The lowest BCUT2D eigenvalue weighted by Gasteiger charge is -2.08. The molecule has 17 heavy (non-hydrogen) atoms. The zero-order chi connectivity index (χ0) is 12.4. The number of aryl methyl sites for hydroxylation is 1. The Labute approximate surface area is 100 Å². The van der Waals surface area contributed by atoms with Crippen LogP contribution in [0.25, 0.3) is 11.1 Å². The van der Waals surface area contributed by atoms with Gasteiger partial charge in [-0.25, -0.2) is 4.39 Å². The zero-order valence-electron chi connectivity index (χ0n) is 9.70. The molecule has 0 unspecified atom stereocenters. The third-order valence-electron chi connectivity index (χ3n) is 2.89. The first-order valence-electron chi connectivity index (χ1n) is 5.42. The van der Waals surface area contributed by atoms with E-state index in [0.29, 0.717) is 11.3 Å². The smallest absolute Gasteiger partial charge is 0.117 e. The summed E-state index contributed by atoms with van der Waals surface area (Å²) in [5, 5.41) is 0. The van der Waals surface area contributed by atoms with Crippen LogP contribution in [-0.2, 0) is 6.67 Å². The average molecular weight is 230 g/mol. The van der Waals surface area contributed by atoms with Crippen LogP contribution in [0.15, 0.2) is 36.4 Å². The molecule has 2 nitrogen and oxygen atoms in total. The van der Waals surface area contributed by atoms with Gasteiger partial charge in [0, 0.05) is 16.9 Å². The number of nitrogen functional groups attached to an aromatic ring is 2. The first-order valence-corrected chi connectivity index (χ1v) is 5.42. The van der Waals surface area contributed by atoms with Gasteiger partial charge in [-0.05, 0) is 47.9 Å². The van der Waals surface area contributed by atoms with E-state index in [1.165, 1.54) is 0 Å². The van der Waals surface area contributed by atoms with Crippen molar-refractivity contribution >= 4 is 11.4 Å². The van der Waals surface area contributed by atoms with Crippen LogP contribution in [-0.4, -0.2) is 0 Å². The van der Waals surface area contributed by atoms with Gasteiger partial charge >= 0.3 is 0 Å². The van der Waals surface area contributed by atoms with Crippen LogP contribution in [0.5, 0.6) is 0 Å². The highest BCUT2D eigenvalue weighted by Gasteiger charge is 2.04. The van der Waals surface area contributed by atoms with Gasteiger partial charge in [0.2, 0.25) is 0 Å². The largest absolute Gasteiger partial charge is 0.399 e. The van der Waals surface area contributed by atoms with Gasteiger partial charge in [-0.15, -0.1) is 0 Å². The maximum atomic E-state index is 12.7. The number of benzene rings is 2.